The second-order valence-electron chi connectivity index (χ2n) is 5.53. The maximum Gasteiger partial charge on any atom is 0.341 e. The van der Waals surface area contributed by atoms with Crippen molar-refractivity contribution in [3.63, 3.8) is 0 Å². The number of hydrogen-bond acceptors (Lipinski definition) is 4. The molecule has 1 saturated carbocycles. The van der Waals surface area contributed by atoms with Gasteiger partial charge in [0.15, 0.2) is 0 Å². The molecule has 0 N–H and O–H groups in total. The summed E-state index contributed by atoms with van der Waals surface area (Å²) >= 11 is 0. The van der Waals surface area contributed by atoms with E-state index in [-0.39, 0.29) is 17.8 Å². The highest BCUT2D eigenvalue weighted by molar-refractivity contribution is 5.88. The summed E-state index contributed by atoms with van der Waals surface area (Å²) < 4.78 is 6.98. The molecule has 2 aliphatic rings. The Labute approximate surface area is 117 Å². The number of hydrogen-bond donors (Lipinski definition) is 0. The monoisotopic (exact) mass is 277 g/mol. The molecule has 3 rings (SSSR count). The Bertz CT molecular complexity index is 521. The highest BCUT2D eigenvalue weighted by Gasteiger charge is 2.39. The van der Waals surface area contributed by atoms with Crippen molar-refractivity contribution < 1.29 is 14.3 Å². The molecule has 1 saturated heterocycles. The van der Waals surface area contributed by atoms with Crippen molar-refractivity contribution in [3.8, 4) is 0 Å². The van der Waals surface area contributed by atoms with Gasteiger partial charge in [-0.1, -0.05) is 0 Å². The smallest absolute Gasteiger partial charge is 0.341 e. The van der Waals surface area contributed by atoms with Gasteiger partial charge in [-0.05, 0) is 19.8 Å². The van der Waals surface area contributed by atoms with Gasteiger partial charge in [0.25, 0.3) is 0 Å². The van der Waals surface area contributed by atoms with Crippen LogP contribution in [0.4, 0.5) is 0 Å². The van der Waals surface area contributed by atoms with Crippen LogP contribution < -0.4 is 0 Å². The summed E-state index contributed by atoms with van der Waals surface area (Å²) in [6.45, 7) is 3.72. The molecule has 20 heavy (non-hydrogen) atoms. The van der Waals surface area contributed by atoms with Crippen molar-refractivity contribution in [1.82, 2.24) is 14.7 Å². The topological polar surface area (TPSA) is 64.4 Å². The normalized spacial score (nSPS) is 22.4. The predicted octanol–water partition coefficient (Wildman–Crippen LogP) is 1.07. The van der Waals surface area contributed by atoms with Crippen molar-refractivity contribution in [3.05, 3.63) is 18.0 Å². The minimum Gasteiger partial charge on any atom is -0.462 e. The van der Waals surface area contributed by atoms with E-state index < -0.39 is 0 Å². The standard InChI is InChI=1S/C14H19N3O3/c1-2-16-8-11(6-15-16)14(19)20-9-10-5-13(18)17(7-10)12-3-4-12/h6,8,10,12H,2-5,7,9H2,1H3/t10-/m0/s1. The number of ether oxygens (including phenoxy) is 1. The molecular weight excluding hydrogens is 258 g/mol. The summed E-state index contributed by atoms with van der Waals surface area (Å²) in [7, 11) is 0. The summed E-state index contributed by atoms with van der Waals surface area (Å²) in [6, 6.07) is 0.450. The van der Waals surface area contributed by atoms with Crippen molar-refractivity contribution in [1.29, 1.82) is 0 Å². The van der Waals surface area contributed by atoms with Crippen LogP contribution in [-0.4, -0.2) is 45.8 Å². The van der Waals surface area contributed by atoms with Gasteiger partial charge in [-0.3, -0.25) is 9.48 Å². The van der Waals surface area contributed by atoms with Crippen LogP contribution in [0.25, 0.3) is 0 Å². The first-order chi connectivity index (χ1) is 9.67. The first-order valence-electron chi connectivity index (χ1n) is 7.16. The van der Waals surface area contributed by atoms with E-state index in [1.807, 2.05) is 11.8 Å². The minimum absolute atomic E-state index is 0.133. The number of nitrogens with zero attached hydrogens (tertiary/aromatic N) is 3. The summed E-state index contributed by atoms with van der Waals surface area (Å²) in [6.07, 6.45) is 5.93. The Hall–Kier alpha value is -1.85. The highest BCUT2D eigenvalue weighted by Crippen LogP contribution is 2.32. The van der Waals surface area contributed by atoms with E-state index in [1.54, 1.807) is 10.9 Å². The fourth-order valence-electron chi connectivity index (χ4n) is 2.58. The molecule has 6 heteroatoms. The molecule has 1 amide bonds. The first kappa shape index (κ1) is 13.1. The van der Waals surface area contributed by atoms with E-state index in [1.165, 1.54) is 6.20 Å². The second-order valence-corrected chi connectivity index (χ2v) is 5.53. The molecule has 2 heterocycles. The predicted molar refractivity (Wildman–Crippen MR) is 71.0 cm³/mol. The van der Waals surface area contributed by atoms with Gasteiger partial charge in [-0.2, -0.15) is 5.10 Å². The van der Waals surface area contributed by atoms with Crippen molar-refractivity contribution >= 4 is 11.9 Å². The van der Waals surface area contributed by atoms with Gasteiger partial charge in [0.2, 0.25) is 5.91 Å². The summed E-state index contributed by atoms with van der Waals surface area (Å²) in [5, 5.41) is 4.04. The number of amides is 1. The number of esters is 1. The second kappa shape index (κ2) is 5.26. The fraction of sp³-hybridized carbons (Fsp3) is 0.643. The molecule has 1 aliphatic carbocycles. The molecule has 1 aliphatic heterocycles. The van der Waals surface area contributed by atoms with Gasteiger partial charge in [-0.15, -0.1) is 0 Å². The van der Waals surface area contributed by atoms with E-state index in [9.17, 15) is 9.59 Å². The number of likely N-dealkylation sites (tertiary alicyclic amines) is 1. The van der Waals surface area contributed by atoms with E-state index in [2.05, 4.69) is 5.10 Å². The molecule has 1 aromatic rings. The van der Waals surface area contributed by atoms with Gasteiger partial charge in [0.1, 0.15) is 0 Å². The van der Waals surface area contributed by atoms with Gasteiger partial charge < -0.3 is 9.64 Å². The molecule has 1 atom stereocenters. The van der Waals surface area contributed by atoms with Crippen LogP contribution in [0.1, 0.15) is 36.5 Å². The highest BCUT2D eigenvalue weighted by atomic mass is 16.5. The molecule has 6 nitrogen and oxygen atoms in total. The molecule has 0 radical (unpaired) electrons. The Morgan fingerprint density at radius 2 is 2.30 bits per heavy atom. The number of rotatable bonds is 5. The zero-order valence-electron chi connectivity index (χ0n) is 11.6. The SMILES string of the molecule is CCn1cc(C(=O)OC[C@H]2CC(=O)N(C3CC3)C2)cn1. The molecule has 2 fully saturated rings. The fourth-order valence-corrected chi connectivity index (χ4v) is 2.58. The Kier molecular flexibility index (Phi) is 3.46. The van der Waals surface area contributed by atoms with Crippen molar-refractivity contribution in [2.45, 2.75) is 38.8 Å². The number of carbonyl (C=O) groups is 2. The van der Waals surface area contributed by atoms with Crippen LogP contribution in [-0.2, 0) is 16.1 Å². The number of aryl methyl sites for hydroxylation is 1. The van der Waals surface area contributed by atoms with Gasteiger partial charge in [-0.25, -0.2) is 4.79 Å². The zero-order valence-corrected chi connectivity index (χ0v) is 11.6. The third-order valence-electron chi connectivity index (χ3n) is 3.87. The molecule has 0 bridgehead atoms. The molecular formula is C14H19N3O3. The van der Waals surface area contributed by atoms with E-state index in [0.29, 0.717) is 24.6 Å². The lowest BCUT2D eigenvalue weighted by Crippen LogP contribution is -2.27. The molecule has 0 spiro atoms. The molecule has 0 unspecified atom stereocenters. The Morgan fingerprint density at radius 1 is 1.50 bits per heavy atom. The number of aromatic nitrogens is 2. The molecule has 0 aromatic carbocycles. The Morgan fingerprint density at radius 3 is 2.95 bits per heavy atom. The van der Waals surface area contributed by atoms with Crippen molar-refractivity contribution in [2.75, 3.05) is 13.2 Å². The van der Waals surface area contributed by atoms with Crippen molar-refractivity contribution in [2.24, 2.45) is 5.92 Å². The van der Waals surface area contributed by atoms with Crippen LogP contribution in [0.15, 0.2) is 12.4 Å². The Balaban J connectivity index is 1.49. The van der Waals surface area contributed by atoms with Crippen LogP contribution in [0.5, 0.6) is 0 Å². The summed E-state index contributed by atoms with van der Waals surface area (Å²) in [4.78, 5) is 25.6. The summed E-state index contributed by atoms with van der Waals surface area (Å²) in [5.41, 5.74) is 0.468. The van der Waals surface area contributed by atoms with E-state index >= 15 is 0 Å². The quantitative estimate of drug-likeness (QED) is 0.755. The summed E-state index contributed by atoms with van der Waals surface area (Å²) in [5.74, 6) is -0.0253. The van der Waals surface area contributed by atoms with E-state index in [0.717, 1.165) is 25.9 Å². The first-order valence-corrected chi connectivity index (χ1v) is 7.16. The molecule has 108 valence electrons. The van der Waals surface area contributed by atoms with Crippen LogP contribution in [0, 0.1) is 5.92 Å². The third kappa shape index (κ3) is 2.69. The molecule has 1 aromatic heterocycles. The maximum absolute atomic E-state index is 11.9. The van der Waals surface area contributed by atoms with Gasteiger partial charge in [0.05, 0.1) is 18.4 Å². The third-order valence-corrected chi connectivity index (χ3v) is 3.87. The van der Waals surface area contributed by atoms with Crippen LogP contribution in [0.3, 0.4) is 0 Å². The maximum atomic E-state index is 11.9. The number of carbonyl (C=O) groups excluding carboxylic acids is 2. The lowest BCUT2D eigenvalue weighted by atomic mass is 10.1. The minimum atomic E-state index is -0.359. The van der Waals surface area contributed by atoms with Gasteiger partial charge in [0, 0.05) is 37.7 Å². The van der Waals surface area contributed by atoms with Crippen LogP contribution >= 0.6 is 0 Å². The average Bonchev–Trinajstić information content (AvgIpc) is 3.04. The lowest BCUT2D eigenvalue weighted by molar-refractivity contribution is -0.128. The zero-order chi connectivity index (χ0) is 14.1. The van der Waals surface area contributed by atoms with E-state index in [4.69, 9.17) is 4.74 Å². The lowest BCUT2D eigenvalue weighted by Gasteiger charge is -2.15. The van der Waals surface area contributed by atoms with Crippen LogP contribution in [0.2, 0.25) is 0 Å². The van der Waals surface area contributed by atoms with Gasteiger partial charge >= 0.3 is 5.97 Å². The average molecular weight is 277 g/mol. The largest absolute Gasteiger partial charge is 0.462 e.